The van der Waals surface area contributed by atoms with Crippen LogP contribution >= 0.6 is 11.6 Å². The number of hydrogen-bond donors (Lipinski definition) is 1. The first kappa shape index (κ1) is 19.5. The number of amidine groups is 1. The molecule has 1 spiro atoms. The summed E-state index contributed by atoms with van der Waals surface area (Å²) in [5, 5.41) is 0.671. The first-order valence-corrected chi connectivity index (χ1v) is 9.72. The van der Waals surface area contributed by atoms with Crippen LogP contribution in [0.15, 0.2) is 47.5 Å². The van der Waals surface area contributed by atoms with Crippen molar-refractivity contribution in [2.24, 2.45) is 4.99 Å². The van der Waals surface area contributed by atoms with Crippen LogP contribution in [0.4, 0.5) is 0 Å². The van der Waals surface area contributed by atoms with E-state index in [1.165, 1.54) is 0 Å². The van der Waals surface area contributed by atoms with Gasteiger partial charge in [0.25, 0.3) is 5.91 Å². The lowest BCUT2D eigenvalue weighted by Crippen LogP contribution is -2.46. The van der Waals surface area contributed by atoms with Gasteiger partial charge >= 0.3 is 0 Å². The summed E-state index contributed by atoms with van der Waals surface area (Å²) in [5.74, 6) is 1.76. The van der Waals surface area contributed by atoms with Gasteiger partial charge in [-0.2, -0.15) is 0 Å². The molecular formula is C21H22ClN3O4. The molecule has 8 heteroatoms. The molecular weight excluding hydrogens is 394 g/mol. The maximum Gasteiger partial charge on any atom is 0.253 e. The second kappa shape index (κ2) is 7.93. The molecule has 2 aromatic rings. The lowest BCUT2D eigenvalue weighted by Gasteiger charge is -2.35. The minimum absolute atomic E-state index is 0.0475. The number of halogens is 1. The molecule has 0 radical (unpaired) electrons. The fourth-order valence-electron chi connectivity index (χ4n) is 3.55. The van der Waals surface area contributed by atoms with E-state index in [1.54, 1.807) is 32.4 Å². The van der Waals surface area contributed by atoms with Crippen LogP contribution in [-0.2, 0) is 4.84 Å². The fourth-order valence-corrected chi connectivity index (χ4v) is 3.67. The summed E-state index contributed by atoms with van der Waals surface area (Å²) in [6.45, 7) is 1.10. The highest BCUT2D eigenvalue weighted by Crippen LogP contribution is 2.33. The number of hydroxylamine groups is 1. The zero-order valence-electron chi connectivity index (χ0n) is 16.3. The van der Waals surface area contributed by atoms with E-state index in [9.17, 15) is 4.79 Å². The van der Waals surface area contributed by atoms with Gasteiger partial charge in [0, 0.05) is 42.1 Å². The normalized spacial score (nSPS) is 17.6. The molecule has 1 fully saturated rings. The summed E-state index contributed by atoms with van der Waals surface area (Å²) in [7, 11) is 3.12. The number of amides is 1. The molecule has 0 atom stereocenters. The van der Waals surface area contributed by atoms with Crippen molar-refractivity contribution in [2.75, 3.05) is 27.3 Å². The third-order valence-corrected chi connectivity index (χ3v) is 5.49. The van der Waals surface area contributed by atoms with Gasteiger partial charge in [0.15, 0.2) is 23.1 Å². The molecule has 29 heavy (non-hydrogen) atoms. The van der Waals surface area contributed by atoms with Crippen molar-refractivity contribution >= 4 is 23.3 Å². The Morgan fingerprint density at radius 3 is 2.45 bits per heavy atom. The van der Waals surface area contributed by atoms with Crippen molar-refractivity contribution in [3.8, 4) is 11.5 Å². The molecule has 1 amide bonds. The van der Waals surface area contributed by atoms with Gasteiger partial charge in [0.2, 0.25) is 0 Å². The predicted octanol–water partition coefficient (Wildman–Crippen LogP) is 3.27. The summed E-state index contributed by atoms with van der Waals surface area (Å²) in [6.07, 6.45) is 1.21. The van der Waals surface area contributed by atoms with Gasteiger partial charge in [0.1, 0.15) is 0 Å². The summed E-state index contributed by atoms with van der Waals surface area (Å²) >= 11 is 5.95. The molecule has 2 aliphatic heterocycles. The molecule has 2 heterocycles. The van der Waals surface area contributed by atoms with Crippen LogP contribution in [0.2, 0.25) is 5.02 Å². The molecule has 1 saturated heterocycles. The van der Waals surface area contributed by atoms with Gasteiger partial charge in [-0.25, -0.2) is 15.3 Å². The standard InChI is InChI=1S/C21H22ClN3O4/c1-27-17-8-5-15(13-18(17)28-2)20(26)25-11-9-21(10-12-25)23-19(24-29-21)14-3-6-16(22)7-4-14/h3-8,13H,9-12H2,1-2H3,(H,23,24). The molecule has 0 saturated carbocycles. The number of carbonyl (C=O) groups is 1. The van der Waals surface area contributed by atoms with Crippen LogP contribution in [0, 0.1) is 0 Å². The number of hydrogen-bond acceptors (Lipinski definition) is 6. The lowest BCUT2D eigenvalue weighted by molar-refractivity contribution is -0.0849. The first-order chi connectivity index (χ1) is 14.0. The van der Waals surface area contributed by atoms with E-state index in [0.717, 1.165) is 5.56 Å². The van der Waals surface area contributed by atoms with Crippen molar-refractivity contribution < 1.29 is 19.1 Å². The number of aliphatic imine (C=N–C) groups is 1. The third kappa shape index (κ3) is 3.88. The van der Waals surface area contributed by atoms with Crippen LogP contribution in [0.3, 0.4) is 0 Å². The predicted molar refractivity (Wildman–Crippen MR) is 110 cm³/mol. The van der Waals surface area contributed by atoms with Gasteiger partial charge in [-0.1, -0.05) is 11.6 Å². The van der Waals surface area contributed by atoms with E-state index >= 15 is 0 Å². The van der Waals surface area contributed by atoms with Crippen molar-refractivity contribution in [1.29, 1.82) is 0 Å². The number of piperidine rings is 1. The van der Waals surface area contributed by atoms with Crippen molar-refractivity contribution in [3.05, 3.63) is 58.6 Å². The highest BCUT2D eigenvalue weighted by molar-refractivity contribution is 6.30. The van der Waals surface area contributed by atoms with Crippen LogP contribution in [0.1, 0.15) is 28.8 Å². The Morgan fingerprint density at radius 2 is 1.79 bits per heavy atom. The van der Waals surface area contributed by atoms with Crippen LogP contribution in [0.25, 0.3) is 0 Å². The van der Waals surface area contributed by atoms with Crippen molar-refractivity contribution in [2.45, 2.75) is 18.6 Å². The van der Waals surface area contributed by atoms with Crippen molar-refractivity contribution in [3.63, 3.8) is 0 Å². The molecule has 4 rings (SSSR count). The maximum absolute atomic E-state index is 12.9. The van der Waals surface area contributed by atoms with Gasteiger partial charge in [0.05, 0.1) is 14.2 Å². The van der Waals surface area contributed by atoms with Gasteiger partial charge in [-0.15, -0.1) is 0 Å². The Morgan fingerprint density at radius 1 is 1.10 bits per heavy atom. The Kier molecular flexibility index (Phi) is 5.34. The number of nitrogens with one attached hydrogen (secondary N) is 1. The average Bonchev–Trinajstić information content (AvgIpc) is 3.17. The summed E-state index contributed by atoms with van der Waals surface area (Å²) in [5.41, 5.74) is 3.76. The fraction of sp³-hybridized carbons (Fsp3) is 0.333. The van der Waals surface area contributed by atoms with E-state index in [4.69, 9.17) is 30.9 Å². The van der Waals surface area contributed by atoms with E-state index in [0.29, 0.717) is 53.9 Å². The average molecular weight is 416 g/mol. The van der Waals surface area contributed by atoms with E-state index in [1.807, 2.05) is 29.2 Å². The van der Waals surface area contributed by atoms with Crippen LogP contribution in [0.5, 0.6) is 11.5 Å². The smallest absolute Gasteiger partial charge is 0.253 e. The molecule has 0 aliphatic carbocycles. The number of methoxy groups -OCH3 is 2. The Labute approximate surface area is 174 Å². The monoisotopic (exact) mass is 415 g/mol. The summed E-state index contributed by atoms with van der Waals surface area (Å²) in [4.78, 5) is 25.3. The number of benzene rings is 2. The number of nitrogens with zero attached hydrogens (tertiary/aromatic N) is 2. The van der Waals surface area contributed by atoms with Crippen molar-refractivity contribution in [1.82, 2.24) is 10.4 Å². The zero-order valence-corrected chi connectivity index (χ0v) is 17.0. The molecule has 0 bridgehead atoms. The largest absolute Gasteiger partial charge is 0.493 e. The number of carbonyl (C=O) groups excluding carboxylic acids is 1. The van der Waals surface area contributed by atoms with E-state index in [2.05, 4.69) is 5.48 Å². The molecule has 2 aromatic carbocycles. The third-order valence-electron chi connectivity index (χ3n) is 5.23. The SMILES string of the molecule is COc1ccc(C(=O)N2CCC3(CC2)N=C(c2ccc(Cl)cc2)NO3)cc1OC. The van der Waals surface area contributed by atoms with Gasteiger partial charge < -0.3 is 14.4 Å². The first-order valence-electron chi connectivity index (χ1n) is 9.35. The van der Waals surface area contributed by atoms with Crippen LogP contribution in [-0.4, -0.2) is 49.7 Å². The number of ether oxygens (including phenoxy) is 2. The molecule has 0 unspecified atom stereocenters. The van der Waals surface area contributed by atoms with Crippen LogP contribution < -0.4 is 15.0 Å². The quantitative estimate of drug-likeness (QED) is 0.829. The molecule has 0 aromatic heterocycles. The summed E-state index contributed by atoms with van der Waals surface area (Å²) < 4.78 is 10.5. The maximum atomic E-state index is 12.9. The lowest BCUT2D eigenvalue weighted by atomic mass is 10.00. The Bertz CT molecular complexity index is 937. The second-order valence-corrected chi connectivity index (χ2v) is 7.42. The van der Waals surface area contributed by atoms with E-state index < -0.39 is 5.72 Å². The van der Waals surface area contributed by atoms with E-state index in [-0.39, 0.29) is 5.91 Å². The Balaban J connectivity index is 1.44. The highest BCUT2D eigenvalue weighted by atomic mass is 35.5. The molecule has 1 N–H and O–H groups in total. The number of rotatable bonds is 4. The topological polar surface area (TPSA) is 72.4 Å². The number of likely N-dealkylation sites (tertiary alicyclic amines) is 1. The Hall–Kier alpha value is -2.77. The second-order valence-electron chi connectivity index (χ2n) is 6.98. The minimum Gasteiger partial charge on any atom is -0.493 e. The molecule has 152 valence electrons. The van der Waals surface area contributed by atoms with Gasteiger partial charge in [-0.05, 0) is 42.5 Å². The molecule has 2 aliphatic rings. The minimum atomic E-state index is -0.649. The molecule has 7 nitrogen and oxygen atoms in total. The summed E-state index contributed by atoms with van der Waals surface area (Å²) in [6, 6.07) is 12.6. The zero-order chi connectivity index (χ0) is 20.4. The van der Waals surface area contributed by atoms with Gasteiger partial charge in [-0.3, -0.25) is 4.79 Å². The highest BCUT2D eigenvalue weighted by Gasteiger charge is 2.41.